The van der Waals surface area contributed by atoms with E-state index in [1.165, 1.54) is 21.6 Å². The maximum atomic E-state index is 11.1. The molecule has 0 aliphatic carbocycles. The highest BCUT2D eigenvalue weighted by atomic mass is 33.1. The maximum Gasteiger partial charge on any atom is 0.173 e. The van der Waals surface area contributed by atoms with Crippen molar-refractivity contribution in [1.29, 1.82) is 0 Å². The minimum Gasteiger partial charge on any atom is -0.306 e. The van der Waals surface area contributed by atoms with Crippen molar-refractivity contribution >= 4 is 43.7 Å². The van der Waals surface area contributed by atoms with E-state index in [0.717, 1.165) is 0 Å². The lowest BCUT2D eigenvalue weighted by Crippen LogP contribution is -2.18. The Hall–Kier alpha value is -0.500. The average Bonchev–Trinajstić information content (AvgIpc) is 2.50. The molecule has 0 aliphatic heterocycles. The van der Waals surface area contributed by atoms with Gasteiger partial charge in [0.15, 0.2) is 22.2 Å². The smallest absolute Gasteiger partial charge is 0.173 e. The van der Waals surface area contributed by atoms with Gasteiger partial charge in [-0.2, -0.15) is 5.90 Å². The third kappa shape index (κ3) is 13.6. The minimum absolute atomic E-state index is 0.0348. The lowest BCUT2D eigenvalue weighted by atomic mass is 10.3. The fourth-order valence-electron chi connectivity index (χ4n) is 1.34. The summed E-state index contributed by atoms with van der Waals surface area (Å²) in [6.45, 7) is 0. The van der Waals surface area contributed by atoms with Crippen molar-refractivity contribution in [3.63, 3.8) is 0 Å². The van der Waals surface area contributed by atoms with Crippen LogP contribution in [0.3, 0.4) is 0 Å². The molecule has 0 aromatic rings. The van der Waals surface area contributed by atoms with Crippen LogP contribution in [0.25, 0.3) is 20.9 Å². The van der Waals surface area contributed by atoms with E-state index in [4.69, 9.17) is 21.5 Å². The van der Waals surface area contributed by atoms with Crippen molar-refractivity contribution in [2.75, 3.05) is 23.0 Å². The van der Waals surface area contributed by atoms with E-state index < -0.39 is 34.2 Å². The molecule has 0 spiro atoms. The highest BCUT2D eigenvalue weighted by molar-refractivity contribution is 8.76. The van der Waals surface area contributed by atoms with E-state index in [-0.39, 0.29) is 11.5 Å². The van der Waals surface area contributed by atoms with Gasteiger partial charge in [-0.25, -0.2) is 12.7 Å². The van der Waals surface area contributed by atoms with Crippen LogP contribution in [0.4, 0.5) is 0 Å². The zero-order chi connectivity index (χ0) is 17.5. The Bertz CT molecular complexity index is 483. The molecule has 0 saturated carbocycles. The number of rotatable bonds is 14. The topological polar surface area (TPSA) is 187 Å². The quantitative estimate of drug-likeness (QED) is 0.0845. The second-order valence-corrected chi connectivity index (χ2v) is 8.81. The highest BCUT2D eigenvalue weighted by Gasteiger charge is 2.12. The molecule has 4 unspecified atom stereocenters. The van der Waals surface area contributed by atoms with Gasteiger partial charge in [0.25, 0.3) is 0 Å². The molecule has 15 heteroatoms. The Labute approximate surface area is 146 Å². The van der Waals surface area contributed by atoms with E-state index in [2.05, 4.69) is 24.3 Å². The van der Waals surface area contributed by atoms with Crippen LogP contribution < -0.4 is 5.90 Å². The number of azide groups is 2. The van der Waals surface area contributed by atoms with E-state index in [0.29, 0.717) is 24.3 Å². The van der Waals surface area contributed by atoms with Gasteiger partial charge in [0.1, 0.15) is 0 Å². The standard InChI is InChI=1S/C8H17N7O4S4/c9-14-12-7(5-22(16)17)1-3-20-21-4-2-8(13-15-10)6-23(18)19-11/h7-8H,1-6,11H2,(H,16,17). The van der Waals surface area contributed by atoms with Crippen LogP contribution in [0, 0.1) is 0 Å². The van der Waals surface area contributed by atoms with Gasteiger partial charge in [-0.3, -0.25) is 0 Å². The van der Waals surface area contributed by atoms with Crippen molar-refractivity contribution in [2.24, 2.45) is 16.1 Å². The second-order valence-electron chi connectivity index (χ2n) is 3.99. The van der Waals surface area contributed by atoms with Gasteiger partial charge in [0, 0.05) is 21.3 Å². The van der Waals surface area contributed by atoms with Gasteiger partial charge in [-0.15, -0.1) is 0 Å². The van der Waals surface area contributed by atoms with Crippen LogP contribution in [-0.2, 0) is 26.4 Å². The summed E-state index contributed by atoms with van der Waals surface area (Å²) in [7, 11) is 3.02. The van der Waals surface area contributed by atoms with Crippen LogP contribution in [0.2, 0.25) is 0 Å². The number of hydrogen-bond donors (Lipinski definition) is 2. The predicted molar refractivity (Wildman–Crippen MR) is 93.9 cm³/mol. The first kappa shape index (κ1) is 22.5. The van der Waals surface area contributed by atoms with Crippen molar-refractivity contribution in [3.05, 3.63) is 20.9 Å². The Kier molecular flexibility index (Phi) is 14.7. The van der Waals surface area contributed by atoms with E-state index >= 15 is 0 Å². The van der Waals surface area contributed by atoms with E-state index in [9.17, 15) is 8.42 Å². The zero-order valence-electron chi connectivity index (χ0n) is 12.0. The van der Waals surface area contributed by atoms with Crippen LogP contribution in [0.5, 0.6) is 0 Å². The van der Waals surface area contributed by atoms with Gasteiger partial charge in [0.2, 0.25) is 0 Å². The first-order valence-corrected chi connectivity index (χ1v) is 11.2. The summed E-state index contributed by atoms with van der Waals surface area (Å²) in [5.74, 6) is 6.01. The molecular formula is C8H17N7O4S4. The first-order chi connectivity index (χ1) is 11.0. The Morgan fingerprint density at radius 1 is 1.09 bits per heavy atom. The molecule has 0 aromatic heterocycles. The Balaban J connectivity index is 3.96. The molecule has 3 N–H and O–H groups in total. The highest BCUT2D eigenvalue weighted by Crippen LogP contribution is 2.25. The van der Waals surface area contributed by atoms with Crippen LogP contribution in [0.1, 0.15) is 12.8 Å². The predicted octanol–water partition coefficient (Wildman–Crippen LogP) is 2.28. The fraction of sp³-hybridized carbons (Fsp3) is 1.00. The molecule has 0 heterocycles. The van der Waals surface area contributed by atoms with E-state index in [1.807, 2.05) is 0 Å². The van der Waals surface area contributed by atoms with Crippen LogP contribution in [-0.4, -0.2) is 48.1 Å². The van der Waals surface area contributed by atoms with Crippen molar-refractivity contribution < 1.29 is 17.3 Å². The second kappa shape index (κ2) is 15.1. The lowest BCUT2D eigenvalue weighted by molar-refractivity contribution is 0.365. The molecule has 0 aromatic carbocycles. The summed E-state index contributed by atoms with van der Waals surface area (Å²) >= 11 is -3.68. The van der Waals surface area contributed by atoms with Gasteiger partial charge in [0.05, 0.1) is 23.6 Å². The normalized spacial score (nSPS) is 15.7. The van der Waals surface area contributed by atoms with Gasteiger partial charge >= 0.3 is 0 Å². The third-order valence-corrected chi connectivity index (χ3v) is 6.37. The zero-order valence-corrected chi connectivity index (χ0v) is 15.2. The molecule has 0 radical (unpaired) electrons. The fourth-order valence-corrected chi connectivity index (χ4v) is 4.79. The molecule has 11 nitrogen and oxygen atoms in total. The van der Waals surface area contributed by atoms with Crippen molar-refractivity contribution in [1.82, 2.24) is 0 Å². The minimum atomic E-state index is -2.00. The monoisotopic (exact) mass is 403 g/mol. The first-order valence-electron chi connectivity index (χ1n) is 6.19. The van der Waals surface area contributed by atoms with Crippen LogP contribution >= 0.6 is 21.6 Å². The molecule has 4 atom stereocenters. The largest absolute Gasteiger partial charge is 0.306 e. The molecule has 0 aliphatic rings. The third-order valence-electron chi connectivity index (χ3n) is 2.35. The molecule has 0 bridgehead atoms. The van der Waals surface area contributed by atoms with Gasteiger partial charge in [-0.1, -0.05) is 31.8 Å². The summed E-state index contributed by atoms with van der Waals surface area (Å²) < 4.78 is 34.8. The molecule has 0 amide bonds. The number of nitrogens with two attached hydrogens (primary N) is 1. The summed E-state index contributed by atoms with van der Waals surface area (Å²) in [5.41, 5.74) is 16.8. The molecule has 0 rings (SSSR count). The molecule has 0 saturated heterocycles. The lowest BCUT2D eigenvalue weighted by Gasteiger charge is -2.10. The number of hydrogen-bond acceptors (Lipinski definition) is 8. The Morgan fingerprint density at radius 2 is 1.57 bits per heavy atom. The Morgan fingerprint density at radius 3 is 1.96 bits per heavy atom. The van der Waals surface area contributed by atoms with E-state index in [1.54, 1.807) is 0 Å². The molecule has 23 heavy (non-hydrogen) atoms. The van der Waals surface area contributed by atoms with Crippen molar-refractivity contribution in [3.8, 4) is 0 Å². The summed E-state index contributed by atoms with van der Waals surface area (Å²) in [4.78, 5) is 5.34. The summed E-state index contributed by atoms with van der Waals surface area (Å²) in [5, 5.41) is 6.99. The molecular weight excluding hydrogens is 386 g/mol. The SMILES string of the molecule is [N-]=[N+]=NC(CCSSCCC(CS(=O)ON)N=[N+]=[N-])CS(=O)O. The molecule has 0 fully saturated rings. The maximum absolute atomic E-state index is 11.1. The summed E-state index contributed by atoms with van der Waals surface area (Å²) in [6, 6.07) is -0.982. The summed E-state index contributed by atoms with van der Waals surface area (Å²) in [6.07, 6.45) is 0.996. The average molecular weight is 404 g/mol. The van der Waals surface area contributed by atoms with Gasteiger partial charge < -0.3 is 4.55 Å². The molecule has 132 valence electrons. The number of nitrogens with zero attached hydrogens (tertiary/aromatic N) is 6. The van der Waals surface area contributed by atoms with Gasteiger partial charge in [-0.05, 0) is 23.9 Å². The van der Waals surface area contributed by atoms with Crippen molar-refractivity contribution in [2.45, 2.75) is 24.9 Å². The van der Waals surface area contributed by atoms with Crippen LogP contribution in [0.15, 0.2) is 10.2 Å².